The Bertz CT molecular complexity index is 1090. The molecule has 2 aliphatic rings. The zero-order valence-corrected chi connectivity index (χ0v) is 14.9. The molecule has 1 aliphatic carbocycles. The van der Waals surface area contributed by atoms with Gasteiger partial charge in [0.2, 0.25) is 0 Å². The largest absolute Gasteiger partial charge is 0.480 e. The van der Waals surface area contributed by atoms with Crippen LogP contribution in [0.25, 0.3) is 10.9 Å². The van der Waals surface area contributed by atoms with E-state index in [1.165, 1.54) is 27.3 Å². The van der Waals surface area contributed by atoms with Crippen LogP contribution in [0.3, 0.4) is 0 Å². The molecule has 5 rings (SSSR count). The molecule has 1 N–H and O–H groups in total. The number of carbonyl (C=O) groups is 1. The highest BCUT2D eigenvalue weighted by Gasteiger charge is 2.37. The molecule has 26 heavy (non-hydrogen) atoms. The maximum atomic E-state index is 12.7. The van der Waals surface area contributed by atoms with Crippen molar-refractivity contribution in [3.05, 3.63) is 64.1 Å². The van der Waals surface area contributed by atoms with Gasteiger partial charge >= 0.3 is 5.97 Å². The third-order valence-corrected chi connectivity index (χ3v) is 6.48. The first-order valence-electron chi connectivity index (χ1n) is 8.81. The summed E-state index contributed by atoms with van der Waals surface area (Å²) in [6, 6.07) is 11.2. The lowest BCUT2D eigenvalue weighted by Gasteiger charge is -2.17. The van der Waals surface area contributed by atoms with Gasteiger partial charge in [-0.2, -0.15) is 0 Å². The van der Waals surface area contributed by atoms with Gasteiger partial charge in [-0.3, -0.25) is 9.36 Å². The van der Waals surface area contributed by atoms with Crippen molar-refractivity contribution in [2.24, 2.45) is 0 Å². The Kier molecular flexibility index (Phi) is 3.50. The third-order valence-electron chi connectivity index (χ3n) is 5.31. The predicted octanol–water partition coefficient (Wildman–Crippen LogP) is 3.46. The second-order valence-corrected chi connectivity index (χ2v) is 8.05. The maximum absolute atomic E-state index is 12.7. The number of benzene rings is 1. The summed E-state index contributed by atoms with van der Waals surface area (Å²) in [6.07, 6.45) is 4.28. The van der Waals surface area contributed by atoms with Crippen molar-refractivity contribution in [3.8, 4) is 0 Å². The summed E-state index contributed by atoms with van der Waals surface area (Å²) in [5, 5.41) is 11.5. The molecule has 6 heteroatoms. The minimum atomic E-state index is -0.927. The van der Waals surface area contributed by atoms with Crippen LogP contribution in [0.4, 0.5) is 0 Å². The number of carboxylic acid groups (broad SMARTS) is 1. The molecule has 132 valence electrons. The molecule has 0 unspecified atom stereocenters. The minimum Gasteiger partial charge on any atom is -0.480 e. The number of rotatable bonds is 4. The van der Waals surface area contributed by atoms with Gasteiger partial charge in [-0.25, -0.2) is 4.79 Å². The Balaban J connectivity index is 1.65. The quantitative estimate of drug-likeness (QED) is 0.768. The molecule has 1 atom stereocenters. The van der Waals surface area contributed by atoms with E-state index in [1.807, 2.05) is 12.1 Å². The maximum Gasteiger partial charge on any atom is 0.327 e. The summed E-state index contributed by atoms with van der Waals surface area (Å²) < 4.78 is 3.67. The van der Waals surface area contributed by atoms with Crippen LogP contribution in [0, 0.1) is 0 Å². The highest BCUT2D eigenvalue weighted by molar-refractivity contribution is 7.99. The van der Waals surface area contributed by atoms with Gasteiger partial charge in [-0.05, 0) is 47.4 Å². The average Bonchev–Trinajstić information content (AvgIpc) is 3.21. The number of thioether (sulfide) groups is 1. The Morgan fingerprint density at radius 1 is 1.23 bits per heavy atom. The first-order valence-corrected chi connectivity index (χ1v) is 9.80. The molecule has 1 aromatic carbocycles. The lowest BCUT2D eigenvalue weighted by molar-refractivity contribution is -0.140. The van der Waals surface area contributed by atoms with Crippen molar-refractivity contribution in [2.45, 2.75) is 36.4 Å². The molecular formula is C20H18N2O3S. The number of para-hydroxylation sites is 1. The zero-order chi connectivity index (χ0) is 17.8. The zero-order valence-electron chi connectivity index (χ0n) is 14.1. The smallest absolute Gasteiger partial charge is 0.327 e. The number of aliphatic carboxylic acids is 1. The standard InChI is InChI=1S/C20H18N2O3S/c23-17-9-14(10-21-8-7-12-3-1-2-4-15(12)21)18(13-5-6-13)19-22(17)16(11-26-19)20(24)25/h1-4,7-9,13,16H,5-6,10-11H2,(H,24,25)/t16-/m0/s1. The first-order chi connectivity index (χ1) is 12.6. The van der Waals surface area contributed by atoms with Crippen LogP contribution in [0.2, 0.25) is 0 Å². The molecule has 2 aromatic heterocycles. The van der Waals surface area contributed by atoms with Gasteiger partial charge in [-0.1, -0.05) is 18.2 Å². The molecule has 3 heterocycles. The Hall–Kier alpha value is -2.47. The highest BCUT2D eigenvalue weighted by atomic mass is 32.2. The summed E-state index contributed by atoms with van der Waals surface area (Å²) in [4.78, 5) is 24.2. The Morgan fingerprint density at radius 3 is 2.81 bits per heavy atom. The summed E-state index contributed by atoms with van der Waals surface area (Å²) in [6.45, 7) is 0.640. The van der Waals surface area contributed by atoms with Crippen molar-refractivity contribution >= 4 is 28.6 Å². The summed E-state index contributed by atoms with van der Waals surface area (Å²) >= 11 is 1.52. The molecule has 1 aliphatic heterocycles. The number of fused-ring (bicyclic) bond motifs is 2. The van der Waals surface area contributed by atoms with Crippen molar-refractivity contribution in [3.63, 3.8) is 0 Å². The molecule has 3 aromatic rings. The molecule has 5 nitrogen and oxygen atoms in total. The van der Waals surface area contributed by atoms with Crippen LogP contribution in [0.1, 0.15) is 35.9 Å². The fourth-order valence-electron chi connectivity index (χ4n) is 3.92. The van der Waals surface area contributed by atoms with E-state index in [0.717, 1.165) is 28.9 Å². The molecule has 0 amide bonds. The van der Waals surface area contributed by atoms with Gasteiger partial charge in [0, 0.05) is 30.1 Å². The number of nitrogens with zero attached hydrogens (tertiary/aromatic N) is 2. The van der Waals surface area contributed by atoms with E-state index in [-0.39, 0.29) is 5.56 Å². The predicted molar refractivity (Wildman–Crippen MR) is 101 cm³/mol. The van der Waals surface area contributed by atoms with Gasteiger partial charge < -0.3 is 9.67 Å². The highest BCUT2D eigenvalue weighted by Crippen LogP contribution is 2.48. The Morgan fingerprint density at radius 2 is 2.04 bits per heavy atom. The molecule has 0 saturated heterocycles. The van der Waals surface area contributed by atoms with Crippen molar-refractivity contribution in [2.75, 3.05) is 5.75 Å². The van der Waals surface area contributed by atoms with Crippen molar-refractivity contribution < 1.29 is 9.90 Å². The van der Waals surface area contributed by atoms with Crippen molar-refractivity contribution in [1.82, 2.24) is 9.13 Å². The number of hydrogen-bond donors (Lipinski definition) is 1. The average molecular weight is 366 g/mol. The third kappa shape index (κ3) is 2.40. The van der Waals surface area contributed by atoms with Crippen LogP contribution in [0.5, 0.6) is 0 Å². The summed E-state index contributed by atoms with van der Waals surface area (Å²) in [5.74, 6) is -0.0433. The molecule has 1 saturated carbocycles. The fourth-order valence-corrected chi connectivity index (χ4v) is 5.34. The molecule has 0 spiro atoms. The number of hydrogen-bond acceptors (Lipinski definition) is 3. The van der Waals surface area contributed by atoms with Crippen LogP contribution >= 0.6 is 11.8 Å². The molecule has 1 fully saturated rings. The van der Waals surface area contributed by atoms with E-state index in [1.54, 1.807) is 6.07 Å². The van der Waals surface area contributed by atoms with E-state index in [9.17, 15) is 14.7 Å². The van der Waals surface area contributed by atoms with Crippen LogP contribution in [-0.2, 0) is 11.3 Å². The number of aromatic nitrogens is 2. The fraction of sp³-hybridized carbons (Fsp3) is 0.300. The van der Waals surface area contributed by atoms with Crippen molar-refractivity contribution in [1.29, 1.82) is 0 Å². The second-order valence-electron chi connectivity index (χ2n) is 7.04. The van der Waals surface area contributed by atoms with Crippen LogP contribution in [-0.4, -0.2) is 26.0 Å². The van der Waals surface area contributed by atoms with E-state index < -0.39 is 12.0 Å². The Labute approximate surface area is 154 Å². The summed E-state index contributed by atoms with van der Waals surface area (Å²) in [7, 11) is 0. The number of carboxylic acids is 1. The van der Waals surface area contributed by atoms with Gasteiger partial charge in [0.15, 0.2) is 0 Å². The van der Waals surface area contributed by atoms with Gasteiger partial charge in [0.05, 0.1) is 5.03 Å². The number of pyridine rings is 1. The normalized spacial score (nSPS) is 19.0. The lowest BCUT2D eigenvalue weighted by Crippen LogP contribution is -2.29. The van der Waals surface area contributed by atoms with Gasteiger partial charge in [0.25, 0.3) is 5.56 Å². The van der Waals surface area contributed by atoms with E-state index in [2.05, 4.69) is 29.0 Å². The van der Waals surface area contributed by atoms with Gasteiger partial charge in [0.1, 0.15) is 6.04 Å². The lowest BCUT2D eigenvalue weighted by atomic mass is 10.1. The van der Waals surface area contributed by atoms with E-state index >= 15 is 0 Å². The van der Waals surface area contributed by atoms with Gasteiger partial charge in [-0.15, -0.1) is 11.8 Å². The first kappa shape index (κ1) is 15.8. The monoisotopic (exact) mass is 366 g/mol. The summed E-state index contributed by atoms with van der Waals surface area (Å²) in [5.41, 5.74) is 3.17. The molecule has 0 bridgehead atoms. The molecular weight excluding hydrogens is 348 g/mol. The SMILES string of the molecule is O=C(O)[C@@H]1CSc2c(C3CC3)c(Cn3ccc4ccccc43)cc(=O)n21. The topological polar surface area (TPSA) is 64.2 Å². The minimum absolute atomic E-state index is 0.201. The van der Waals surface area contributed by atoms with E-state index in [4.69, 9.17) is 0 Å². The molecule has 0 radical (unpaired) electrons. The van der Waals surface area contributed by atoms with Crippen LogP contribution in [0.15, 0.2) is 52.4 Å². The van der Waals surface area contributed by atoms with Crippen LogP contribution < -0.4 is 5.56 Å². The second kappa shape index (κ2) is 5.77. The van der Waals surface area contributed by atoms with E-state index in [0.29, 0.717) is 18.2 Å².